The van der Waals surface area contributed by atoms with Crippen LogP contribution in [0, 0.1) is 5.92 Å². The number of benzene rings is 1. The predicted molar refractivity (Wildman–Crippen MR) is 142 cm³/mol. The van der Waals surface area contributed by atoms with Crippen LogP contribution in [0.4, 0.5) is 0 Å². The van der Waals surface area contributed by atoms with Crippen LogP contribution in [0.3, 0.4) is 0 Å². The second-order valence-corrected chi connectivity index (χ2v) is 8.45. The van der Waals surface area contributed by atoms with Gasteiger partial charge in [0.15, 0.2) is 5.96 Å². The fourth-order valence-electron chi connectivity index (χ4n) is 4.01. The molecule has 1 unspecified atom stereocenters. The molecule has 2 N–H and O–H groups in total. The third-order valence-electron chi connectivity index (χ3n) is 5.87. The summed E-state index contributed by atoms with van der Waals surface area (Å²) in [6.07, 6.45) is 2.09. The normalized spacial score (nSPS) is 20.2. The monoisotopic (exact) mass is 559 g/mol. The minimum atomic E-state index is 0. The molecule has 32 heavy (non-hydrogen) atoms. The van der Waals surface area contributed by atoms with Crippen LogP contribution in [0.2, 0.25) is 0 Å². The number of guanidine groups is 1. The number of piperazine rings is 1. The summed E-state index contributed by atoms with van der Waals surface area (Å²) in [5.74, 6) is 1.50. The van der Waals surface area contributed by atoms with Crippen molar-refractivity contribution in [1.82, 2.24) is 20.4 Å². The van der Waals surface area contributed by atoms with E-state index in [0.29, 0.717) is 5.92 Å². The number of rotatable bonds is 12. The second-order valence-electron chi connectivity index (χ2n) is 8.45. The number of halogens is 1. The van der Waals surface area contributed by atoms with Gasteiger partial charge in [0.1, 0.15) is 0 Å². The van der Waals surface area contributed by atoms with Gasteiger partial charge in [-0.05, 0) is 25.3 Å². The first kappa shape index (κ1) is 27.3. The van der Waals surface area contributed by atoms with Gasteiger partial charge in [0.2, 0.25) is 0 Å². The van der Waals surface area contributed by atoms with E-state index in [1.54, 1.807) is 0 Å². The molecule has 0 bridgehead atoms. The SMILES string of the molecule is CCNC(=NCCCOCC1CCOC1)NCCN1CCN(Cc2ccccc2)CC1.I. The highest BCUT2D eigenvalue weighted by molar-refractivity contribution is 14.0. The highest BCUT2D eigenvalue weighted by atomic mass is 127. The maximum absolute atomic E-state index is 5.77. The van der Waals surface area contributed by atoms with Gasteiger partial charge in [0, 0.05) is 78.0 Å². The van der Waals surface area contributed by atoms with E-state index in [0.717, 1.165) is 104 Å². The summed E-state index contributed by atoms with van der Waals surface area (Å²) >= 11 is 0. The fraction of sp³-hybridized carbons (Fsp3) is 0.708. The molecule has 1 aromatic carbocycles. The van der Waals surface area contributed by atoms with Gasteiger partial charge in [-0.15, -0.1) is 24.0 Å². The number of aliphatic imine (C=N–C) groups is 1. The van der Waals surface area contributed by atoms with Crippen molar-refractivity contribution in [3.63, 3.8) is 0 Å². The van der Waals surface area contributed by atoms with E-state index < -0.39 is 0 Å². The molecular formula is C24H42IN5O2. The Morgan fingerprint density at radius 2 is 1.91 bits per heavy atom. The number of hydrogen-bond acceptors (Lipinski definition) is 5. The molecule has 0 saturated carbocycles. The summed E-state index contributed by atoms with van der Waals surface area (Å²) < 4.78 is 11.1. The molecule has 182 valence electrons. The molecule has 2 heterocycles. The Morgan fingerprint density at radius 1 is 1.12 bits per heavy atom. The predicted octanol–water partition coefficient (Wildman–Crippen LogP) is 2.42. The van der Waals surface area contributed by atoms with E-state index in [-0.39, 0.29) is 24.0 Å². The van der Waals surface area contributed by atoms with E-state index >= 15 is 0 Å². The molecule has 2 aliphatic heterocycles. The molecule has 2 aliphatic rings. The minimum absolute atomic E-state index is 0. The first-order chi connectivity index (χ1) is 15.3. The van der Waals surface area contributed by atoms with Crippen LogP contribution >= 0.6 is 24.0 Å². The molecule has 8 heteroatoms. The van der Waals surface area contributed by atoms with Gasteiger partial charge in [-0.25, -0.2) is 0 Å². The Morgan fingerprint density at radius 3 is 2.62 bits per heavy atom. The van der Waals surface area contributed by atoms with E-state index in [9.17, 15) is 0 Å². The number of nitrogens with zero attached hydrogens (tertiary/aromatic N) is 3. The van der Waals surface area contributed by atoms with Crippen LogP contribution in [0.25, 0.3) is 0 Å². The average Bonchev–Trinajstić information content (AvgIpc) is 3.31. The first-order valence-corrected chi connectivity index (χ1v) is 12.0. The molecular weight excluding hydrogens is 517 g/mol. The lowest BCUT2D eigenvalue weighted by Crippen LogP contribution is -2.49. The Hall–Kier alpha value is -0.940. The smallest absolute Gasteiger partial charge is 0.191 e. The molecule has 0 aromatic heterocycles. The molecule has 2 saturated heterocycles. The van der Waals surface area contributed by atoms with Crippen LogP contribution in [-0.4, -0.2) is 94.5 Å². The summed E-state index contributed by atoms with van der Waals surface area (Å²) in [7, 11) is 0. The van der Waals surface area contributed by atoms with Crippen molar-refractivity contribution in [2.45, 2.75) is 26.3 Å². The van der Waals surface area contributed by atoms with Gasteiger partial charge in [-0.3, -0.25) is 14.8 Å². The molecule has 7 nitrogen and oxygen atoms in total. The zero-order valence-electron chi connectivity index (χ0n) is 19.6. The number of ether oxygens (including phenoxy) is 2. The molecule has 2 fully saturated rings. The van der Waals surface area contributed by atoms with Crippen LogP contribution in [0.1, 0.15) is 25.3 Å². The summed E-state index contributed by atoms with van der Waals surface area (Å²) in [5, 5.41) is 6.83. The lowest BCUT2D eigenvalue weighted by Gasteiger charge is -2.34. The molecule has 0 radical (unpaired) electrons. The van der Waals surface area contributed by atoms with E-state index in [1.807, 2.05) is 0 Å². The van der Waals surface area contributed by atoms with E-state index in [4.69, 9.17) is 9.47 Å². The zero-order chi connectivity index (χ0) is 21.6. The second kappa shape index (κ2) is 16.6. The van der Waals surface area contributed by atoms with Gasteiger partial charge < -0.3 is 20.1 Å². The highest BCUT2D eigenvalue weighted by Gasteiger charge is 2.17. The third kappa shape index (κ3) is 10.8. The van der Waals surface area contributed by atoms with Gasteiger partial charge in [-0.1, -0.05) is 30.3 Å². The van der Waals surface area contributed by atoms with Crippen molar-refractivity contribution in [2.75, 3.05) is 78.8 Å². The van der Waals surface area contributed by atoms with E-state index in [1.165, 1.54) is 5.56 Å². The Kier molecular flexibility index (Phi) is 14.2. The topological polar surface area (TPSA) is 61.4 Å². The summed E-state index contributed by atoms with van der Waals surface area (Å²) in [6, 6.07) is 10.8. The summed E-state index contributed by atoms with van der Waals surface area (Å²) in [4.78, 5) is 9.78. The molecule has 3 rings (SSSR count). The van der Waals surface area contributed by atoms with Gasteiger partial charge in [0.25, 0.3) is 0 Å². The maximum atomic E-state index is 5.77. The van der Waals surface area contributed by atoms with Crippen molar-refractivity contribution in [2.24, 2.45) is 10.9 Å². The number of nitrogens with one attached hydrogen (secondary N) is 2. The first-order valence-electron chi connectivity index (χ1n) is 12.0. The molecule has 1 atom stereocenters. The van der Waals surface area contributed by atoms with Crippen molar-refractivity contribution in [3.8, 4) is 0 Å². The highest BCUT2D eigenvalue weighted by Crippen LogP contribution is 2.12. The largest absolute Gasteiger partial charge is 0.381 e. The van der Waals surface area contributed by atoms with Gasteiger partial charge in [0.05, 0.1) is 13.2 Å². The fourth-order valence-corrected chi connectivity index (χ4v) is 4.01. The number of hydrogen-bond donors (Lipinski definition) is 2. The van der Waals surface area contributed by atoms with Crippen LogP contribution in [0.15, 0.2) is 35.3 Å². The molecule has 1 aromatic rings. The molecule has 0 aliphatic carbocycles. The minimum Gasteiger partial charge on any atom is -0.381 e. The van der Waals surface area contributed by atoms with Gasteiger partial charge in [-0.2, -0.15) is 0 Å². The van der Waals surface area contributed by atoms with Crippen molar-refractivity contribution in [1.29, 1.82) is 0 Å². The third-order valence-corrected chi connectivity index (χ3v) is 5.87. The molecule has 0 spiro atoms. The molecule has 0 amide bonds. The Bertz CT molecular complexity index is 620. The summed E-state index contributed by atoms with van der Waals surface area (Å²) in [5.41, 5.74) is 1.40. The lowest BCUT2D eigenvalue weighted by molar-refractivity contribution is 0.0893. The van der Waals surface area contributed by atoms with Crippen LogP contribution < -0.4 is 10.6 Å². The average molecular weight is 560 g/mol. The van der Waals surface area contributed by atoms with Crippen molar-refractivity contribution >= 4 is 29.9 Å². The van der Waals surface area contributed by atoms with E-state index in [2.05, 4.69) is 62.7 Å². The zero-order valence-corrected chi connectivity index (χ0v) is 22.0. The van der Waals surface area contributed by atoms with Crippen LogP contribution in [-0.2, 0) is 16.0 Å². The quantitative estimate of drug-likeness (QED) is 0.178. The maximum Gasteiger partial charge on any atom is 0.191 e. The van der Waals surface area contributed by atoms with Crippen LogP contribution in [0.5, 0.6) is 0 Å². The Balaban J connectivity index is 0.00000363. The van der Waals surface area contributed by atoms with Gasteiger partial charge >= 0.3 is 0 Å². The van der Waals surface area contributed by atoms with Crippen molar-refractivity contribution in [3.05, 3.63) is 35.9 Å². The Labute approximate surface area is 211 Å². The standard InChI is InChI=1S/C24H41N5O2.HI/c1-2-25-24(26-10-6-17-30-20-23-9-18-31-21-23)27-11-12-28-13-15-29(16-14-28)19-22-7-4-3-5-8-22;/h3-5,7-8,23H,2,6,9-21H2,1H3,(H2,25,26,27);1H. The lowest BCUT2D eigenvalue weighted by atomic mass is 10.1. The summed E-state index contributed by atoms with van der Waals surface area (Å²) in [6.45, 7) is 14.7. The van der Waals surface area contributed by atoms with Crippen molar-refractivity contribution < 1.29 is 9.47 Å².